The van der Waals surface area contributed by atoms with E-state index in [0.29, 0.717) is 11.4 Å². The molecule has 12 heavy (non-hydrogen) atoms. The van der Waals surface area contributed by atoms with E-state index < -0.39 is 0 Å². The van der Waals surface area contributed by atoms with Crippen molar-refractivity contribution in [1.82, 2.24) is 0 Å². The molecule has 0 saturated carbocycles. The summed E-state index contributed by atoms with van der Waals surface area (Å²) >= 11 is 7.21. The van der Waals surface area contributed by atoms with Gasteiger partial charge in [0.25, 0.3) is 0 Å². The van der Waals surface area contributed by atoms with Gasteiger partial charge >= 0.3 is 0 Å². The number of alkyl halides is 1. The summed E-state index contributed by atoms with van der Waals surface area (Å²) in [5, 5.41) is 8.76. The summed E-state index contributed by atoms with van der Waals surface area (Å²) in [6, 6.07) is 7.85. The topological polar surface area (TPSA) is 23.8 Å². The molecular formula is C9H8ClNS. The number of rotatable bonds is 2. The molecule has 1 rings (SSSR count). The fourth-order valence-electron chi connectivity index (χ4n) is 0.926. The smallest absolute Gasteiger partial charge is 0.100 e. The van der Waals surface area contributed by atoms with E-state index in [1.165, 1.54) is 0 Å². The Balaban J connectivity index is 3.13. The lowest BCUT2D eigenvalue weighted by Crippen LogP contribution is -1.84. The van der Waals surface area contributed by atoms with Crippen molar-refractivity contribution in [2.45, 2.75) is 10.8 Å². The van der Waals surface area contributed by atoms with Gasteiger partial charge in [-0.25, -0.2) is 0 Å². The number of thioether (sulfide) groups is 1. The van der Waals surface area contributed by atoms with Crippen molar-refractivity contribution in [2.75, 3.05) is 6.26 Å². The zero-order chi connectivity index (χ0) is 8.97. The highest BCUT2D eigenvalue weighted by atomic mass is 35.5. The molecule has 0 atom stereocenters. The molecule has 0 heterocycles. The predicted octanol–water partition coefficient (Wildman–Crippen LogP) is 3.02. The van der Waals surface area contributed by atoms with Gasteiger partial charge in [0.15, 0.2) is 0 Å². The highest BCUT2D eigenvalue weighted by molar-refractivity contribution is 7.98. The van der Waals surface area contributed by atoms with Crippen LogP contribution in [0, 0.1) is 11.3 Å². The van der Waals surface area contributed by atoms with Crippen molar-refractivity contribution < 1.29 is 0 Å². The third-order valence-electron chi connectivity index (χ3n) is 1.54. The quantitative estimate of drug-likeness (QED) is 0.538. The second-order valence-electron chi connectivity index (χ2n) is 2.28. The maximum absolute atomic E-state index is 8.76. The van der Waals surface area contributed by atoms with Gasteiger partial charge in [-0.1, -0.05) is 6.07 Å². The highest BCUT2D eigenvalue weighted by Crippen LogP contribution is 2.21. The van der Waals surface area contributed by atoms with Crippen LogP contribution in [-0.2, 0) is 5.88 Å². The molecule has 0 aromatic heterocycles. The first kappa shape index (κ1) is 9.44. The van der Waals surface area contributed by atoms with Crippen LogP contribution in [0.25, 0.3) is 0 Å². The molecule has 0 aliphatic rings. The molecule has 0 unspecified atom stereocenters. The van der Waals surface area contributed by atoms with Crippen LogP contribution < -0.4 is 0 Å². The molecule has 0 aliphatic carbocycles. The summed E-state index contributed by atoms with van der Waals surface area (Å²) in [4.78, 5) is 1.01. The van der Waals surface area contributed by atoms with Gasteiger partial charge in [0.1, 0.15) is 6.07 Å². The molecule has 0 fully saturated rings. The Labute approximate surface area is 81.3 Å². The van der Waals surface area contributed by atoms with E-state index in [9.17, 15) is 0 Å². The van der Waals surface area contributed by atoms with Crippen molar-refractivity contribution in [1.29, 1.82) is 5.26 Å². The molecule has 0 saturated heterocycles. The molecule has 0 bridgehead atoms. The first-order valence-electron chi connectivity index (χ1n) is 3.44. The van der Waals surface area contributed by atoms with Gasteiger partial charge < -0.3 is 0 Å². The van der Waals surface area contributed by atoms with Gasteiger partial charge in [-0.05, 0) is 24.0 Å². The first-order valence-corrected chi connectivity index (χ1v) is 5.20. The minimum absolute atomic E-state index is 0.462. The molecule has 0 N–H and O–H groups in total. The van der Waals surface area contributed by atoms with Gasteiger partial charge in [0.2, 0.25) is 0 Å². The molecule has 0 radical (unpaired) electrons. The fourth-order valence-corrected chi connectivity index (χ4v) is 1.62. The van der Waals surface area contributed by atoms with Gasteiger partial charge in [0.05, 0.1) is 5.56 Å². The highest BCUT2D eigenvalue weighted by Gasteiger charge is 2.00. The van der Waals surface area contributed by atoms with E-state index >= 15 is 0 Å². The second kappa shape index (κ2) is 4.39. The lowest BCUT2D eigenvalue weighted by atomic mass is 10.1. The van der Waals surface area contributed by atoms with Gasteiger partial charge in [-0.15, -0.1) is 23.4 Å². The van der Waals surface area contributed by atoms with Crippen molar-refractivity contribution >= 4 is 23.4 Å². The molecule has 0 aliphatic heterocycles. The third-order valence-corrected chi connectivity index (χ3v) is 2.64. The number of halogens is 1. The molecule has 0 spiro atoms. The normalized spacial score (nSPS) is 9.42. The van der Waals surface area contributed by atoms with E-state index in [1.807, 2.05) is 24.5 Å². The Morgan fingerprint density at radius 1 is 1.58 bits per heavy atom. The van der Waals surface area contributed by atoms with Gasteiger partial charge in [0, 0.05) is 10.8 Å². The first-order chi connectivity index (χ1) is 5.81. The molecule has 1 aromatic rings. The fraction of sp³-hybridized carbons (Fsp3) is 0.222. The summed E-state index contributed by atoms with van der Waals surface area (Å²) in [6.45, 7) is 0. The largest absolute Gasteiger partial charge is 0.192 e. The van der Waals surface area contributed by atoms with Crippen LogP contribution in [0.4, 0.5) is 0 Å². The van der Waals surface area contributed by atoms with Crippen LogP contribution in [0.3, 0.4) is 0 Å². The second-order valence-corrected chi connectivity index (χ2v) is 3.40. The predicted molar refractivity (Wildman–Crippen MR) is 52.5 cm³/mol. The number of hydrogen-bond acceptors (Lipinski definition) is 2. The summed E-state index contributed by atoms with van der Waals surface area (Å²) in [7, 11) is 0. The zero-order valence-electron chi connectivity index (χ0n) is 6.67. The Bertz CT molecular complexity index is 317. The number of benzene rings is 1. The minimum Gasteiger partial charge on any atom is -0.192 e. The van der Waals surface area contributed by atoms with E-state index in [2.05, 4.69) is 6.07 Å². The van der Waals surface area contributed by atoms with Crippen LogP contribution in [0.15, 0.2) is 23.1 Å². The Hall–Kier alpha value is -0.650. The maximum Gasteiger partial charge on any atom is 0.100 e. The lowest BCUT2D eigenvalue weighted by molar-refractivity contribution is 1.30. The van der Waals surface area contributed by atoms with Crippen LogP contribution in [0.2, 0.25) is 0 Å². The molecule has 3 heteroatoms. The van der Waals surface area contributed by atoms with E-state index in [4.69, 9.17) is 16.9 Å². The summed E-state index contributed by atoms with van der Waals surface area (Å²) in [6.07, 6.45) is 1.95. The monoisotopic (exact) mass is 197 g/mol. The Morgan fingerprint density at radius 2 is 2.33 bits per heavy atom. The van der Waals surface area contributed by atoms with Gasteiger partial charge in [-0.3, -0.25) is 0 Å². The Morgan fingerprint density at radius 3 is 2.83 bits per heavy atom. The zero-order valence-corrected chi connectivity index (χ0v) is 8.25. The van der Waals surface area contributed by atoms with E-state index in [1.54, 1.807) is 11.8 Å². The minimum atomic E-state index is 0.462. The average molecular weight is 198 g/mol. The van der Waals surface area contributed by atoms with Crippen molar-refractivity contribution in [3.63, 3.8) is 0 Å². The van der Waals surface area contributed by atoms with Crippen molar-refractivity contribution in [2.24, 2.45) is 0 Å². The van der Waals surface area contributed by atoms with Crippen LogP contribution in [-0.4, -0.2) is 6.26 Å². The third kappa shape index (κ3) is 1.94. The number of hydrogen-bond donors (Lipinski definition) is 0. The van der Waals surface area contributed by atoms with E-state index in [0.717, 1.165) is 10.5 Å². The standard InChI is InChI=1S/C9H8ClNS/c1-12-9-3-2-7(5-10)4-8(9)6-11/h2-4H,5H2,1H3. The number of nitrogens with zero attached hydrogens (tertiary/aromatic N) is 1. The summed E-state index contributed by atoms with van der Waals surface area (Å²) in [5.74, 6) is 0.462. The molecule has 62 valence electrons. The summed E-state index contributed by atoms with van der Waals surface area (Å²) in [5.41, 5.74) is 1.70. The van der Waals surface area contributed by atoms with Crippen LogP contribution in [0.1, 0.15) is 11.1 Å². The van der Waals surface area contributed by atoms with Crippen LogP contribution in [0.5, 0.6) is 0 Å². The SMILES string of the molecule is CSc1ccc(CCl)cc1C#N. The van der Waals surface area contributed by atoms with Gasteiger partial charge in [-0.2, -0.15) is 5.26 Å². The molecule has 1 aromatic carbocycles. The average Bonchev–Trinajstić information content (AvgIpc) is 2.16. The van der Waals surface area contributed by atoms with E-state index in [-0.39, 0.29) is 0 Å². The number of nitriles is 1. The lowest BCUT2D eigenvalue weighted by Gasteiger charge is -2.00. The van der Waals surface area contributed by atoms with Crippen molar-refractivity contribution in [3.8, 4) is 6.07 Å². The van der Waals surface area contributed by atoms with Crippen molar-refractivity contribution in [3.05, 3.63) is 29.3 Å². The maximum atomic E-state index is 8.76. The molecule has 1 nitrogen and oxygen atoms in total. The Kier molecular flexibility index (Phi) is 3.46. The molecule has 0 amide bonds. The molecular weight excluding hydrogens is 190 g/mol. The van der Waals surface area contributed by atoms with Crippen LogP contribution >= 0.6 is 23.4 Å². The summed E-state index contributed by atoms with van der Waals surface area (Å²) < 4.78 is 0.